The molecule has 1 heteroatoms. The summed E-state index contributed by atoms with van der Waals surface area (Å²) in [5.41, 5.74) is 5.72. The third kappa shape index (κ3) is 4.86. The number of nitrogens with two attached hydrogens (primary N) is 1. The Kier molecular flexibility index (Phi) is 7.30. The molecule has 0 aliphatic heterocycles. The van der Waals surface area contributed by atoms with Gasteiger partial charge in [-0.3, -0.25) is 0 Å². The molecule has 2 N–H and O–H groups in total. The summed E-state index contributed by atoms with van der Waals surface area (Å²) >= 11 is 0. The molecule has 0 bridgehead atoms. The first-order valence-corrected chi connectivity index (χ1v) is 7.01. The van der Waals surface area contributed by atoms with Crippen molar-refractivity contribution >= 4 is 0 Å². The minimum Gasteiger partial charge on any atom is -0.330 e. The minimum absolute atomic E-state index is 0.664. The fourth-order valence-electron chi connectivity index (χ4n) is 3.31. The molecule has 98 valence electrons. The van der Waals surface area contributed by atoms with E-state index in [1.165, 1.54) is 6.42 Å². The van der Waals surface area contributed by atoms with E-state index in [-0.39, 0.29) is 0 Å². The van der Waals surface area contributed by atoms with Crippen molar-refractivity contribution in [2.75, 3.05) is 6.54 Å². The maximum Gasteiger partial charge on any atom is -0.00514 e. The Morgan fingerprint density at radius 3 is 1.56 bits per heavy atom. The molecule has 0 saturated carbocycles. The van der Waals surface area contributed by atoms with Gasteiger partial charge in [-0.2, -0.15) is 0 Å². The fourth-order valence-corrected chi connectivity index (χ4v) is 3.31. The van der Waals surface area contributed by atoms with Crippen LogP contribution in [0.2, 0.25) is 0 Å². The molecule has 0 heterocycles. The summed E-state index contributed by atoms with van der Waals surface area (Å²) in [6.07, 6.45) is 1.27. The predicted octanol–water partition coefficient (Wildman–Crippen LogP) is 4.17. The second-order valence-corrected chi connectivity index (χ2v) is 6.48. The van der Waals surface area contributed by atoms with Crippen LogP contribution in [0.5, 0.6) is 0 Å². The summed E-state index contributed by atoms with van der Waals surface area (Å²) in [4.78, 5) is 0. The zero-order valence-electron chi connectivity index (χ0n) is 12.5. The quantitative estimate of drug-likeness (QED) is 0.694. The van der Waals surface area contributed by atoms with Crippen LogP contribution in [0.25, 0.3) is 0 Å². The molecule has 0 amide bonds. The topological polar surface area (TPSA) is 26.0 Å². The highest BCUT2D eigenvalue weighted by molar-refractivity contribution is 4.77. The highest BCUT2D eigenvalue weighted by Crippen LogP contribution is 2.35. The lowest BCUT2D eigenvalue weighted by atomic mass is 9.70. The lowest BCUT2D eigenvalue weighted by Crippen LogP contribution is -2.29. The molecule has 0 spiro atoms. The van der Waals surface area contributed by atoms with Gasteiger partial charge in [0.05, 0.1) is 0 Å². The summed E-state index contributed by atoms with van der Waals surface area (Å²) in [5.74, 6) is 4.65. The lowest BCUT2D eigenvalue weighted by Gasteiger charge is -2.35. The first kappa shape index (κ1) is 16.0. The van der Waals surface area contributed by atoms with E-state index in [1.807, 2.05) is 0 Å². The molecule has 3 atom stereocenters. The van der Waals surface area contributed by atoms with Gasteiger partial charge in [-0.25, -0.2) is 0 Å². The van der Waals surface area contributed by atoms with Crippen LogP contribution in [-0.2, 0) is 0 Å². The maximum atomic E-state index is 5.72. The molecule has 0 aromatic carbocycles. The Balaban J connectivity index is 4.43. The molecule has 0 aliphatic carbocycles. The van der Waals surface area contributed by atoms with E-state index in [0.29, 0.717) is 5.92 Å². The van der Waals surface area contributed by atoms with Gasteiger partial charge in [0.15, 0.2) is 0 Å². The van der Waals surface area contributed by atoms with Crippen molar-refractivity contribution in [3.63, 3.8) is 0 Å². The predicted molar refractivity (Wildman–Crippen MR) is 74.3 cm³/mol. The minimum atomic E-state index is 0.664. The first-order valence-electron chi connectivity index (χ1n) is 7.01. The van der Waals surface area contributed by atoms with Gasteiger partial charge in [0.25, 0.3) is 0 Å². The highest BCUT2D eigenvalue weighted by Gasteiger charge is 2.28. The van der Waals surface area contributed by atoms with E-state index in [0.717, 1.165) is 36.1 Å². The van der Waals surface area contributed by atoms with Gasteiger partial charge < -0.3 is 5.73 Å². The summed E-state index contributed by atoms with van der Waals surface area (Å²) in [7, 11) is 0. The molecule has 0 aromatic rings. The van der Waals surface area contributed by atoms with Crippen LogP contribution in [0.3, 0.4) is 0 Å². The molecular formula is C15H33N. The second kappa shape index (κ2) is 7.32. The average Bonchev–Trinajstić information content (AvgIpc) is 2.16. The standard InChI is InChI=1S/C15H33N/c1-10(2)15(11(3)4)14(7)13(6)8-12(5)9-16/h10-15H,8-9,16H2,1-7H3. The SMILES string of the molecule is CC(CN)CC(C)C(C)C(C(C)C)C(C)C. The van der Waals surface area contributed by atoms with Gasteiger partial charge >= 0.3 is 0 Å². The first-order chi connectivity index (χ1) is 7.31. The van der Waals surface area contributed by atoms with Crippen LogP contribution < -0.4 is 5.73 Å². The number of hydrogen-bond donors (Lipinski definition) is 1. The number of hydrogen-bond acceptors (Lipinski definition) is 1. The van der Waals surface area contributed by atoms with Crippen LogP contribution >= 0.6 is 0 Å². The van der Waals surface area contributed by atoms with Crippen molar-refractivity contribution in [3.05, 3.63) is 0 Å². The van der Waals surface area contributed by atoms with E-state index in [9.17, 15) is 0 Å². The van der Waals surface area contributed by atoms with Gasteiger partial charge in [0.1, 0.15) is 0 Å². The van der Waals surface area contributed by atoms with Crippen molar-refractivity contribution in [1.29, 1.82) is 0 Å². The molecule has 1 nitrogen and oxygen atoms in total. The van der Waals surface area contributed by atoms with Gasteiger partial charge in [-0.05, 0) is 48.5 Å². The summed E-state index contributed by atoms with van der Waals surface area (Å²) in [6.45, 7) is 17.4. The third-order valence-electron chi connectivity index (χ3n) is 4.22. The Hall–Kier alpha value is -0.0400. The highest BCUT2D eigenvalue weighted by atomic mass is 14.5. The van der Waals surface area contributed by atoms with Crippen molar-refractivity contribution in [3.8, 4) is 0 Å². The normalized spacial score (nSPS) is 18.2. The van der Waals surface area contributed by atoms with Gasteiger partial charge in [-0.1, -0.05) is 48.5 Å². The molecule has 16 heavy (non-hydrogen) atoms. The van der Waals surface area contributed by atoms with Crippen LogP contribution in [0.15, 0.2) is 0 Å². The van der Waals surface area contributed by atoms with E-state index in [2.05, 4.69) is 48.5 Å². The van der Waals surface area contributed by atoms with Crippen molar-refractivity contribution in [2.45, 2.75) is 54.9 Å². The van der Waals surface area contributed by atoms with Crippen molar-refractivity contribution in [2.24, 2.45) is 41.2 Å². The average molecular weight is 227 g/mol. The van der Waals surface area contributed by atoms with E-state index in [4.69, 9.17) is 5.73 Å². The van der Waals surface area contributed by atoms with E-state index in [1.54, 1.807) is 0 Å². The Bertz CT molecular complexity index is 166. The monoisotopic (exact) mass is 227 g/mol. The van der Waals surface area contributed by atoms with Gasteiger partial charge in [0, 0.05) is 0 Å². The number of rotatable bonds is 7. The van der Waals surface area contributed by atoms with E-state index < -0.39 is 0 Å². The fraction of sp³-hybridized carbons (Fsp3) is 1.00. The molecule has 0 fully saturated rings. The Labute approximate surface area is 103 Å². The van der Waals surface area contributed by atoms with Crippen LogP contribution in [0, 0.1) is 35.5 Å². The van der Waals surface area contributed by atoms with E-state index >= 15 is 0 Å². The molecule has 0 radical (unpaired) electrons. The summed E-state index contributed by atoms with van der Waals surface area (Å²) < 4.78 is 0. The second-order valence-electron chi connectivity index (χ2n) is 6.48. The molecule has 0 saturated heterocycles. The Morgan fingerprint density at radius 1 is 0.812 bits per heavy atom. The third-order valence-corrected chi connectivity index (χ3v) is 4.22. The molecule has 0 aliphatic rings. The largest absolute Gasteiger partial charge is 0.330 e. The maximum absolute atomic E-state index is 5.72. The van der Waals surface area contributed by atoms with Crippen molar-refractivity contribution < 1.29 is 0 Å². The lowest BCUT2D eigenvalue weighted by molar-refractivity contribution is 0.137. The zero-order valence-corrected chi connectivity index (χ0v) is 12.5. The van der Waals surface area contributed by atoms with Crippen LogP contribution in [0.1, 0.15) is 54.9 Å². The van der Waals surface area contributed by atoms with Crippen molar-refractivity contribution in [1.82, 2.24) is 0 Å². The molecule has 0 aromatic heterocycles. The molecule has 0 rings (SSSR count). The smallest absolute Gasteiger partial charge is 0.00514 e. The molecular weight excluding hydrogens is 194 g/mol. The van der Waals surface area contributed by atoms with Crippen LogP contribution in [-0.4, -0.2) is 6.54 Å². The van der Waals surface area contributed by atoms with Gasteiger partial charge in [-0.15, -0.1) is 0 Å². The summed E-state index contributed by atoms with van der Waals surface area (Å²) in [5, 5.41) is 0. The molecule has 3 unspecified atom stereocenters. The van der Waals surface area contributed by atoms with Gasteiger partial charge in [0.2, 0.25) is 0 Å². The zero-order chi connectivity index (χ0) is 12.9. The Morgan fingerprint density at radius 2 is 1.25 bits per heavy atom. The summed E-state index contributed by atoms with van der Waals surface area (Å²) in [6, 6.07) is 0. The van der Waals surface area contributed by atoms with Crippen LogP contribution in [0.4, 0.5) is 0 Å².